The van der Waals surface area contributed by atoms with Crippen molar-refractivity contribution in [3.05, 3.63) is 36.7 Å². The Hall–Kier alpha value is -1.79. The molecular formula is C18H24N4OS. The van der Waals surface area contributed by atoms with E-state index in [2.05, 4.69) is 26.7 Å². The predicted octanol–water partition coefficient (Wildman–Crippen LogP) is 2.95. The van der Waals surface area contributed by atoms with Crippen LogP contribution < -0.4 is 5.32 Å². The number of hydrogen-bond acceptors (Lipinski definition) is 4. The molecule has 24 heavy (non-hydrogen) atoms. The highest BCUT2D eigenvalue weighted by Gasteiger charge is 2.21. The molecule has 0 bridgehead atoms. The van der Waals surface area contributed by atoms with Gasteiger partial charge in [0.2, 0.25) is 5.91 Å². The van der Waals surface area contributed by atoms with Crippen molar-refractivity contribution >= 4 is 23.4 Å². The molecule has 1 amide bonds. The van der Waals surface area contributed by atoms with Gasteiger partial charge in [0.1, 0.15) is 5.82 Å². The Morgan fingerprint density at radius 1 is 1.50 bits per heavy atom. The van der Waals surface area contributed by atoms with E-state index in [1.54, 1.807) is 6.20 Å². The van der Waals surface area contributed by atoms with Gasteiger partial charge >= 0.3 is 0 Å². The van der Waals surface area contributed by atoms with Crippen molar-refractivity contribution in [2.75, 3.05) is 30.4 Å². The summed E-state index contributed by atoms with van der Waals surface area (Å²) in [4.78, 5) is 18.9. The number of aryl methyl sites for hydroxylation is 1. The molecule has 0 unspecified atom stereocenters. The quantitative estimate of drug-likeness (QED) is 0.875. The number of hydrogen-bond donors (Lipinski definition) is 1. The van der Waals surface area contributed by atoms with Gasteiger partial charge in [0.15, 0.2) is 0 Å². The maximum atomic E-state index is 12.3. The van der Waals surface area contributed by atoms with Crippen LogP contribution in [0.2, 0.25) is 0 Å². The number of aromatic nitrogens is 2. The summed E-state index contributed by atoms with van der Waals surface area (Å²) in [5.41, 5.74) is 1.83. The van der Waals surface area contributed by atoms with Gasteiger partial charge in [-0.1, -0.05) is 12.1 Å². The number of thioether (sulfide) groups is 1. The lowest BCUT2D eigenvalue weighted by atomic mass is 10.2. The minimum absolute atomic E-state index is 0.0328. The van der Waals surface area contributed by atoms with E-state index in [-0.39, 0.29) is 5.91 Å². The zero-order valence-corrected chi connectivity index (χ0v) is 15.1. The second-order valence-corrected chi connectivity index (χ2v) is 7.25. The molecular weight excluding hydrogens is 320 g/mol. The molecule has 1 aliphatic heterocycles. The van der Waals surface area contributed by atoms with Crippen LogP contribution >= 0.6 is 11.8 Å². The van der Waals surface area contributed by atoms with Gasteiger partial charge in [0, 0.05) is 42.0 Å². The Morgan fingerprint density at radius 3 is 3.12 bits per heavy atom. The third kappa shape index (κ3) is 3.99. The molecule has 2 aromatic rings. The van der Waals surface area contributed by atoms with E-state index in [1.165, 1.54) is 12.2 Å². The molecule has 1 atom stereocenters. The highest BCUT2D eigenvalue weighted by atomic mass is 32.2. The number of imidazole rings is 1. The second-order valence-electron chi connectivity index (χ2n) is 6.10. The first-order valence-corrected chi connectivity index (χ1v) is 9.52. The number of benzene rings is 1. The van der Waals surface area contributed by atoms with Crippen LogP contribution in [0.15, 0.2) is 36.7 Å². The zero-order valence-electron chi connectivity index (χ0n) is 14.2. The van der Waals surface area contributed by atoms with Crippen molar-refractivity contribution < 1.29 is 4.79 Å². The fraction of sp³-hybridized carbons (Fsp3) is 0.444. The second kappa shape index (κ2) is 7.85. The van der Waals surface area contributed by atoms with Gasteiger partial charge in [0.05, 0.1) is 6.54 Å². The lowest BCUT2D eigenvalue weighted by molar-refractivity contribution is -0.117. The number of amides is 1. The van der Waals surface area contributed by atoms with Gasteiger partial charge in [0.25, 0.3) is 0 Å². The smallest absolute Gasteiger partial charge is 0.238 e. The molecule has 0 spiro atoms. The van der Waals surface area contributed by atoms with Crippen LogP contribution in [0.4, 0.5) is 5.69 Å². The standard InChI is InChI=1S/C18H24N4OS/c1-3-22-9-8-19-18(22)14-5-4-6-15(11-14)20-17(23)12-21(2)16-7-10-24-13-16/h4-6,8-9,11,16H,3,7,10,12-13H2,1-2H3,(H,20,23)/t16-/m0/s1. The molecule has 0 radical (unpaired) electrons. The largest absolute Gasteiger partial charge is 0.331 e. The molecule has 2 heterocycles. The maximum Gasteiger partial charge on any atom is 0.238 e. The summed E-state index contributed by atoms with van der Waals surface area (Å²) in [5, 5.41) is 3.01. The van der Waals surface area contributed by atoms with Gasteiger partial charge in [-0.05, 0) is 38.3 Å². The van der Waals surface area contributed by atoms with Crippen LogP contribution in [-0.4, -0.2) is 51.5 Å². The molecule has 3 rings (SSSR count). The Balaban J connectivity index is 1.65. The van der Waals surface area contributed by atoms with Gasteiger partial charge in [-0.3, -0.25) is 9.69 Å². The molecule has 1 aliphatic rings. The van der Waals surface area contributed by atoms with Crippen LogP contribution in [0.25, 0.3) is 11.4 Å². The summed E-state index contributed by atoms with van der Waals surface area (Å²) in [7, 11) is 2.03. The molecule has 5 nitrogen and oxygen atoms in total. The summed E-state index contributed by atoms with van der Waals surface area (Å²) in [5.74, 6) is 3.28. The first kappa shape index (κ1) is 17.0. The highest BCUT2D eigenvalue weighted by Crippen LogP contribution is 2.22. The third-order valence-electron chi connectivity index (χ3n) is 4.38. The van der Waals surface area contributed by atoms with E-state index in [0.29, 0.717) is 12.6 Å². The number of anilines is 1. The number of likely N-dealkylation sites (N-methyl/N-ethyl adjacent to an activating group) is 1. The molecule has 6 heteroatoms. The van der Waals surface area contributed by atoms with E-state index in [9.17, 15) is 4.79 Å². The van der Waals surface area contributed by atoms with Crippen molar-refractivity contribution in [2.24, 2.45) is 0 Å². The Morgan fingerprint density at radius 2 is 2.38 bits per heavy atom. The van der Waals surface area contributed by atoms with E-state index in [4.69, 9.17) is 0 Å². The fourth-order valence-electron chi connectivity index (χ4n) is 2.99. The molecule has 0 saturated carbocycles. The lowest BCUT2D eigenvalue weighted by Gasteiger charge is -2.22. The SMILES string of the molecule is CCn1ccnc1-c1cccc(NC(=O)CN(C)[C@H]2CCSC2)c1. The highest BCUT2D eigenvalue weighted by molar-refractivity contribution is 7.99. The fourth-order valence-corrected chi connectivity index (χ4v) is 4.29. The van der Waals surface area contributed by atoms with Gasteiger partial charge in [-0.2, -0.15) is 11.8 Å². The van der Waals surface area contributed by atoms with Crippen LogP contribution in [0.3, 0.4) is 0 Å². The van der Waals surface area contributed by atoms with Crippen LogP contribution in [0, 0.1) is 0 Å². The van der Waals surface area contributed by atoms with E-state index in [1.807, 2.05) is 49.3 Å². The first-order valence-electron chi connectivity index (χ1n) is 8.36. The summed E-state index contributed by atoms with van der Waals surface area (Å²) < 4.78 is 2.09. The predicted molar refractivity (Wildman–Crippen MR) is 100 cm³/mol. The van der Waals surface area contributed by atoms with Crippen molar-refractivity contribution in [1.29, 1.82) is 0 Å². The van der Waals surface area contributed by atoms with Gasteiger partial charge in [-0.25, -0.2) is 4.98 Å². The summed E-state index contributed by atoms with van der Waals surface area (Å²) in [6.45, 7) is 3.39. The number of carbonyl (C=O) groups is 1. The number of carbonyl (C=O) groups excluding carboxylic acids is 1. The molecule has 1 fully saturated rings. The summed E-state index contributed by atoms with van der Waals surface area (Å²) in [6.07, 6.45) is 4.94. The normalized spacial score (nSPS) is 17.4. The van der Waals surface area contributed by atoms with Crippen molar-refractivity contribution in [1.82, 2.24) is 14.5 Å². The van der Waals surface area contributed by atoms with Crippen molar-refractivity contribution in [3.8, 4) is 11.4 Å². The monoisotopic (exact) mass is 344 g/mol. The molecule has 128 valence electrons. The first-order chi connectivity index (χ1) is 11.7. The zero-order chi connectivity index (χ0) is 16.9. The summed E-state index contributed by atoms with van der Waals surface area (Å²) >= 11 is 1.96. The molecule has 0 aliphatic carbocycles. The summed E-state index contributed by atoms with van der Waals surface area (Å²) in [6, 6.07) is 8.40. The number of nitrogens with zero attached hydrogens (tertiary/aromatic N) is 3. The van der Waals surface area contributed by atoms with E-state index in [0.717, 1.165) is 29.4 Å². The molecule has 1 N–H and O–H groups in total. The number of nitrogens with one attached hydrogen (secondary N) is 1. The van der Waals surface area contributed by atoms with Crippen LogP contribution in [-0.2, 0) is 11.3 Å². The third-order valence-corrected chi connectivity index (χ3v) is 5.53. The average molecular weight is 344 g/mol. The lowest BCUT2D eigenvalue weighted by Crippen LogP contribution is -2.37. The number of rotatable bonds is 6. The molecule has 1 aromatic heterocycles. The van der Waals surface area contributed by atoms with Crippen molar-refractivity contribution in [3.63, 3.8) is 0 Å². The Kier molecular flexibility index (Phi) is 5.58. The molecule has 1 saturated heterocycles. The van der Waals surface area contributed by atoms with Crippen LogP contribution in [0.1, 0.15) is 13.3 Å². The van der Waals surface area contributed by atoms with Gasteiger partial charge in [-0.15, -0.1) is 0 Å². The minimum atomic E-state index is 0.0328. The Bertz CT molecular complexity index is 694. The van der Waals surface area contributed by atoms with Crippen LogP contribution in [0.5, 0.6) is 0 Å². The van der Waals surface area contributed by atoms with E-state index < -0.39 is 0 Å². The average Bonchev–Trinajstić information content (AvgIpc) is 3.26. The minimum Gasteiger partial charge on any atom is -0.331 e. The topological polar surface area (TPSA) is 50.2 Å². The van der Waals surface area contributed by atoms with E-state index >= 15 is 0 Å². The van der Waals surface area contributed by atoms with Crippen molar-refractivity contribution in [2.45, 2.75) is 25.9 Å². The molecule has 1 aromatic carbocycles. The Labute approximate surface area is 147 Å². The maximum absolute atomic E-state index is 12.3. The van der Waals surface area contributed by atoms with Gasteiger partial charge < -0.3 is 9.88 Å².